The maximum absolute atomic E-state index is 13.5. The van der Waals surface area contributed by atoms with Gasteiger partial charge in [0.2, 0.25) is 0 Å². The number of H-pyrrole nitrogens is 1. The van der Waals surface area contributed by atoms with Crippen molar-refractivity contribution in [2.45, 2.75) is 25.8 Å². The molecule has 1 aliphatic heterocycles. The molecule has 11 heteroatoms. The van der Waals surface area contributed by atoms with Gasteiger partial charge in [0.25, 0.3) is 5.89 Å². The van der Waals surface area contributed by atoms with Crippen LogP contribution in [-0.4, -0.2) is 56.9 Å². The largest absolute Gasteiger partial charge is 0.412 e. The number of hydrogen-bond acceptors (Lipinski definition) is 7. The van der Waals surface area contributed by atoms with Gasteiger partial charge in [-0.05, 0) is 24.1 Å². The van der Waals surface area contributed by atoms with E-state index in [1.807, 2.05) is 22.8 Å². The number of amides is 1. The van der Waals surface area contributed by atoms with Gasteiger partial charge in [0, 0.05) is 38.1 Å². The van der Waals surface area contributed by atoms with Gasteiger partial charge in [-0.2, -0.15) is 10.2 Å². The fraction of sp³-hybridized carbons (Fsp3) is 0.273. The van der Waals surface area contributed by atoms with E-state index in [0.29, 0.717) is 18.5 Å². The molecule has 0 bridgehead atoms. The SMILES string of the molecule is CCc1ccc2cc([C@@H]3c4nc[nH]c4CCN3C(=O)c3nnc(-c4cnn(C)c4)o3)nn2c1. The van der Waals surface area contributed by atoms with E-state index < -0.39 is 6.04 Å². The molecule has 1 atom stereocenters. The zero-order chi connectivity index (χ0) is 22.5. The molecular formula is C22H21N9O2. The number of pyridine rings is 1. The van der Waals surface area contributed by atoms with Gasteiger partial charge in [0.15, 0.2) is 0 Å². The Hall–Kier alpha value is -4.28. The lowest BCUT2D eigenvalue weighted by Crippen LogP contribution is -2.41. The van der Waals surface area contributed by atoms with Gasteiger partial charge in [0.1, 0.15) is 6.04 Å². The van der Waals surface area contributed by atoms with E-state index in [0.717, 1.165) is 29.0 Å². The van der Waals surface area contributed by atoms with Crippen molar-refractivity contribution in [3.8, 4) is 11.5 Å². The number of aryl methyl sites for hydroxylation is 2. The van der Waals surface area contributed by atoms with Crippen molar-refractivity contribution in [2.75, 3.05) is 6.54 Å². The monoisotopic (exact) mass is 443 g/mol. The van der Waals surface area contributed by atoms with Crippen LogP contribution in [0.15, 0.2) is 47.5 Å². The fourth-order valence-corrected chi connectivity index (χ4v) is 4.27. The third-order valence-corrected chi connectivity index (χ3v) is 5.97. The maximum Gasteiger partial charge on any atom is 0.312 e. The summed E-state index contributed by atoms with van der Waals surface area (Å²) in [4.78, 5) is 22.9. The van der Waals surface area contributed by atoms with Crippen molar-refractivity contribution < 1.29 is 9.21 Å². The van der Waals surface area contributed by atoms with Gasteiger partial charge in [-0.1, -0.05) is 13.0 Å². The Morgan fingerprint density at radius 1 is 1.27 bits per heavy atom. The van der Waals surface area contributed by atoms with Crippen LogP contribution in [0.1, 0.15) is 46.3 Å². The van der Waals surface area contributed by atoms with Crippen LogP contribution in [0.5, 0.6) is 0 Å². The normalized spacial score (nSPS) is 15.8. The highest BCUT2D eigenvalue weighted by Crippen LogP contribution is 2.34. The van der Waals surface area contributed by atoms with Crippen molar-refractivity contribution in [2.24, 2.45) is 7.05 Å². The van der Waals surface area contributed by atoms with Crippen molar-refractivity contribution in [1.82, 2.24) is 44.5 Å². The number of carbonyl (C=O) groups excluding carboxylic acids is 1. The molecule has 11 nitrogen and oxygen atoms in total. The molecule has 0 aliphatic carbocycles. The van der Waals surface area contributed by atoms with Gasteiger partial charge < -0.3 is 14.3 Å². The molecule has 1 N–H and O–H groups in total. The van der Waals surface area contributed by atoms with Crippen LogP contribution < -0.4 is 0 Å². The highest BCUT2D eigenvalue weighted by Gasteiger charge is 2.38. The van der Waals surface area contributed by atoms with Gasteiger partial charge in [-0.25, -0.2) is 9.50 Å². The molecule has 0 aromatic carbocycles. The second kappa shape index (κ2) is 7.40. The van der Waals surface area contributed by atoms with Crippen molar-refractivity contribution >= 4 is 11.4 Å². The highest BCUT2D eigenvalue weighted by atomic mass is 16.4. The number of aromatic amines is 1. The Morgan fingerprint density at radius 2 is 2.18 bits per heavy atom. The van der Waals surface area contributed by atoms with Crippen molar-refractivity contribution in [1.29, 1.82) is 0 Å². The van der Waals surface area contributed by atoms with Crippen LogP contribution in [0.3, 0.4) is 0 Å². The predicted molar refractivity (Wildman–Crippen MR) is 116 cm³/mol. The lowest BCUT2D eigenvalue weighted by molar-refractivity contribution is 0.0646. The summed E-state index contributed by atoms with van der Waals surface area (Å²) in [6, 6.07) is 5.64. The van der Waals surface area contributed by atoms with E-state index >= 15 is 0 Å². The van der Waals surface area contributed by atoms with E-state index in [1.165, 1.54) is 5.56 Å². The Kier molecular flexibility index (Phi) is 4.35. The number of nitrogens with zero attached hydrogens (tertiary/aromatic N) is 8. The van der Waals surface area contributed by atoms with Crippen molar-refractivity contribution in [3.63, 3.8) is 0 Å². The minimum Gasteiger partial charge on any atom is -0.412 e. The minimum atomic E-state index is -0.466. The molecule has 0 fully saturated rings. The first-order valence-electron chi connectivity index (χ1n) is 10.7. The van der Waals surface area contributed by atoms with Gasteiger partial charge in [-0.15, -0.1) is 10.2 Å². The predicted octanol–water partition coefficient (Wildman–Crippen LogP) is 2.19. The second-order valence-corrected chi connectivity index (χ2v) is 8.06. The molecule has 0 spiro atoms. The molecular weight excluding hydrogens is 422 g/mol. The van der Waals surface area contributed by atoms with Crippen LogP contribution in [0.4, 0.5) is 0 Å². The van der Waals surface area contributed by atoms with Crippen LogP contribution in [0.2, 0.25) is 0 Å². The summed E-state index contributed by atoms with van der Waals surface area (Å²) in [6.07, 6.45) is 8.60. The number of nitrogens with one attached hydrogen (secondary N) is 1. The van der Waals surface area contributed by atoms with E-state index in [2.05, 4.69) is 38.3 Å². The summed E-state index contributed by atoms with van der Waals surface area (Å²) in [5.41, 5.74) is 5.30. The first-order chi connectivity index (χ1) is 16.1. The zero-order valence-electron chi connectivity index (χ0n) is 18.1. The fourth-order valence-electron chi connectivity index (χ4n) is 4.27. The molecule has 0 radical (unpaired) electrons. The molecule has 1 aliphatic rings. The highest BCUT2D eigenvalue weighted by molar-refractivity contribution is 5.90. The number of carbonyl (C=O) groups is 1. The number of aromatic nitrogens is 8. The topological polar surface area (TPSA) is 123 Å². The van der Waals surface area contributed by atoms with Crippen LogP contribution in [0.25, 0.3) is 17.0 Å². The zero-order valence-corrected chi connectivity index (χ0v) is 18.1. The van der Waals surface area contributed by atoms with Gasteiger partial charge in [-0.3, -0.25) is 9.48 Å². The second-order valence-electron chi connectivity index (χ2n) is 8.06. The Bertz CT molecular complexity index is 1470. The molecule has 1 amide bonds. The molecule has 33 heavy (non-hydrogen) atoms. The molecule has 6 heterocycles. The Labute approximate surface area is 188 Å². The summed E-state index contributed by atoms with van der Waals surface area (Å²) >= 11 is 0. The number of fused-ring (bicyclic) bond motifs is 2. The average molecular weight is 443 g/mol. The first kappa shape index (κ1) is 19.4. The van der Waals surface area contributed by atoms with E-state index in [-0.39, 0.29) is 17.7 Å². The summed E-state index contributed by atoms with van der Waals surface area (Å²) in [7, 11) is 1.80. The van der Waals surface area contributed by atoms with Crippen LogP contribution >= 0.6 is 0 Å². The summed E-state index contributed by atoms with van der Waals surface area (Å²) < 4.78 is 9.21. The van der Waals surface area contributed by atoms with Crippen LogP contribution in [0, 0.1) is 0 Å². The standard InChI is InChI=1S/C22H21N9O2/c1-3-13-4-5-15-8-17(28-31(15)10-13)19-18-16(23-12-24-18)6-7-30(19)22(32)21-27-26-20(33-21)14-9-25-29(2)11-14/h4-5,8-12,19H,3,6-7H2,1-2H3,(H,23,24)/t19-/m1/s1. The summed E-state index contributed by atoms with van der Waals surface area (Å²) in [6.45, 7) is 2.57. The summed E-state index contributed by atoms with van der Waals surface area (Å²) in [5, 5.41) is 17.0. The van der Waals surface area contributed by atoms with Crippen LogP contribution in [-0.2, 0) is 19.9 Å². The number of rotatable bonds is 4. The van der Waals surface area contributed by atoms with E-state index in [4.69, 9.17) is 9.52 Å². The molecule has 0 saturated heterocycles. The van der Waals surface area contributed by atoms with Crippen molar-refractivity contribution in [3.05, 3.63) is 71.7 Å². The third kappa shape index (κ3) is 3.20. The molecule has 166 valence electrons. The smallest absolute Gasteiger partial charge is 0.312 e. The van der Waals surface area contributed by atoms with Gasteiger partial charge in [0.05, 0.1) is 35.0 Å². The molecule has 5 aromatic heterocycles. The van der Waals surface area contributed by atoms with Gasteiger partial charge >= 0.3 is 11.8 Å². The quantitative estimate of drug-likeness (QED) is 0.452. The third-order valence-electron chi connectivity index (χ3n) is 5.97. The number of hydrogen-bond donors (Lipinski definition) is 1. The number of imidazole rings is 1. The van der Waals surface area contributed by atoms with E-state index in [9.17, 15) is 4.79 Å². The molecule has 6 rings (SSSR count). The minimum absolute atomic E-state index is 0.0742. The maximum atomic E-state index is 13.5. The van der Waals surface area contributed by atoms with E-state index in [1.54, 1.807) is 35.4 Å². The molecule has 0 unspecified atom stereocenters. The average Bonchev–Trinajstić information content (AvgIpc) is 3.62. The summed E-state index contributed by atoms with van der Waals surface area (Å²) in [5.74, 6) is -0.183. The first-order valence-corrected chi connectivity index (χ1v) is 10.7. The molecule has 0 saturated carbocycles. The molecule has 5 aromatic rings. The Balaban J connectivity index is 1.39. The lowest BCUT2D eigenvalue weighted by Gasteiger charge is -2.32. The Morgan fingerprint density at radius 3 is 3.00 bits per heavy atom. The lowest BCUT2D eigenvalue weighted by atomic mass is 9.99.